The van der Waals surface area contributed by atoms with Gasteiger partial charge in [0.1, 0.15) is 23.0 Å². The van der Waals surface area contributed by atoms with Crippen LogP contribution in [0.5, 0.6) is 5.75 Å². The number of carbonyl (C=O) groups excluding carboxylic acids is 1. The Morgan fingerprint density at radius 2 is 2.19 bits per heavy atom. The third-order valence-corrected chi connectivity index (χ3v) is 4.61. The number of pyridine rings is 1. The second-order valence-electron chi connectivity index (χ2n) is 6.43. The Labute approximate surface area is 149 Å². The lowest BCUT2D eigenvalue weighted by atomic mass is 10.1. The SMILES string of the molecule is COc1cccc(F)c1-c1cccn2c(N)c(C(=O)NCC3CC3)nc12. The number of benzene rings is 1. The number of nitrogens with two attached hydrogens (primary N) is 1. The van der Waals surface area contributed by atoms with Crippen LogP contribution in [0.3, 0.4) is 0 Å². The summed E-state index contributed by atoms with van der Waals surface area (Å²) in [5, 5.41) is 2.86. The van der Waals surface area contributed by atoms with E-state index in [9.17, 15) is 9.18 Å². The highest BCUT2D eigenvalue weighted by atomic mass is 19.1. The molecule has 0 saturated heterocycles. The first-order valence-electron chi connectivity index (χ1n) is 8.47. The highest BCUT2D eigenvalue weighted by Gasteiger charge is 2.25. The maximum Gasteiger partial charge on any atom is 0.273 e. The van der Waals surface area contributed by atoms with E-state index < -0.39 is 5.82 Å². The summed E-state index contributed by atoms with van der Waals surface area (Å²) in [6.07, 6.45) is 3.97. The number of halogens is 1. The summed E-state index contributed by atoms with van der Waals surface area (Å²) < 4.78 is 21.4. The molecular formula is C19H19FN4O2. The van der Waals surface area contributed by atoms with Gasteiger partial charge in [0.15, 0.2) is 5.69 Å². The number of imidazole rings is 1. The van der Waals surface area contributed by atoms with Crippen molar-refractivity contribution in [1.29, 1.82) is 0 Å². The topological polar surface area (TPSA) is 81.6 Å². The van der Waals surface area contributed by atoms with Crippen LogP contribution >= 0.6 is 0 Å². The van der Waals surface area contributed by atoms with Crippen molar-refractivity contribution in [2.24, 2.45) is 5.92 Å². The molecule has 0 bridgehead atoms. The fourth-order valence-electron chi connectivity index (χ4n) is 3.03. The molecule has 3 aromatic rings. The first kappa shape index (κ1) is 16.4. The number of nitrogens with one attached hydrogen (secondary N) is 1. The fourth-order valence-corrected chi connectivity index (χ4v) is 3.03. The Kier molecular flexibility index (Phi) is 3.99. The molecule has 1 aromatic carbocycles. The quantitative estimate of drug-likeness (QED) is 0.738. The van der Waals surface area contributed by atoms with Crippen molar-refractivity contribution in [3.05, 3.63) is 48.0 Å². The summed E-state index contributed by atoms with van der Waals surface area (Å²) in [5.74, 6) is 0.420. The molecule has 2 aromatic heterocycles. The van der Waals surface area contributed by atoms with Gasteiger partial charge in [0.2, 0.25) is 0 Å². The number of aromatic nitrogens is 2. The first-order valence-corrected chi connectivity index (χ1v) is 8.47. The largest absolute Gasteiger partial charge is 0.496 e. The van der Waals surface area contributed by atoms with Crippen LogP contribution in [-0.4, -0.2) is 28.9 Å². The van der Waals surface area contributed by atoms with E-state index in [0.29, 0.717) is 29.4 Å². The first-order chi connectivity index (χ1) is 12.6. The lowest BCUT2D eigenvalue weighted by Gasteiger charge is -2.10. The van der Waals surface area contributed by atoms with Crippen LogP contribution in [0.4, 0.5) is 10.2 Å². The van der Waals surface area contributed by atoms with Crippen molar-refractivity contribution in [1.82, 2.24) is 14.7 Å². The minimum Gasteiger partial charge on any atom is -0.496 e. The predicted molar refractivity (Wildman–Crippen MR) is 96.6 cm³/mol. The van der Waals surface area contributed by atoms with Gasteiger partial charge in [0.05, 0.1) is 12.7 Å². The molecule has 7 heteroatoms. The summed E-state index contributed by atoms with van der Waals surface area (Å²) in [6, 6.07) is 8.08. The molecule has 0 aliphatic heterocycles. The zero-order chi connectivity index (χ0) is 18.3. The van der Waals surface area contributed by atoms with Crippen molar-refractivity contribution in [3.8, 4) is 16.9 Å². The predicted octanol–water partition coefficient (Wildman–Crippen LogP) is 2.87. The van der Waals surface area contributed by atoms with Crippen molar-refractivity contribution in [2.75, 3.05) is 19.4 Å². The normalized spacial score (nSPS) is 13.8. The van der Waals surface area contributed by atoms with Gasteiger partial charge >= 0.3 is 0 Å². The third-order valence-electron chi connectivity index (χ3n) is 4.61. The van der Waals surface area contributed by atoms with E-state index in [-0.39, 0.29) is 23.0 Å². The van der Waals surface area contributed by atoms with E-state index in [2.05, 4.69) is 10.3 Å². The number of carbonyl (C=O) groups is 1. The van der Waals surface area contributed by atoms with Gasteiger partial charge in [-0.2, -0.15) is 0 Å². The average molecular weight is 354 g/mol. The highest BCUT2D eigenvalue weighted by Crippen LogP contribution is 2.35. The molecule has 0 unspecified atom stereocenters. The summed E-state index contributed by atoms with van der Waals surface area (Å²) in [7, 11) is 1.48. The van der Waals surface area contributed by atoms with E-state index in [1.807, 2.05) is 0 Å². The van der Waals surface area contributed by atoms with Gasteiger partial charge < -0.3 is 15.8 Å². The molecule has 4 rings (SSSR count). The maximum absolute atomic E-state index is 14.5. The number of nitrogens with zero attached hydrogens (tertiary/aromatic N) is 2. The lowest BCUT2D eigenvalue weighted by molar-refractivity contribution is 0.0948. The van der Waals surface area contributed by atoms with E-state index in [1.165, 1.54) is 13.2 Å². The number of hydrogen-bond acceptors (Lipinski definition) is 4. The Balaban J connectivity index is 1.82. The summed E-state index contributed by atoms with van der Waals surface area (Å²) in [4.78, 5) is 16.8. The Bertz CT molecular complexity index is 995. The third kappa shape index (κ3) is 2.75. The second kappa shape index (κ2) is 6.33. The van der Waals surface area contributed by atoms with Crippen LogP contribution in [-0.2, 0) is 0 Å². The van der Waals surface area contributed by atoms with Crippen LogP contribution in [0.15, 0.2) is 36.5 Å². The van der Waals surface area contributed by atoms with Crippen molar-refractivity contribution < 1.29 is 13.9 Å². The maximum atomic E-state index is 14.5. The van der Waals surface area contributed by atoms with Gasteiger partial charge in [-0.25, -0.2) is 9.37 Å². The highest BCUT2D eigenvalue weighted by molar-refractivity contribution is 5.99. The van der Waals surface area contributed by atoms with Gasteiger partial charge in [-0.05, 0) is 43.0 Å². The number of methoxy groups -OCH3 is 1. The second-order valence-corrected chi connectivity index (χ2v) is 6.43. The van der Waals surface area contributed by atoms with Crippen LogP contribution in [0, 0.1) is 11.7 Å². The molecule has 134 valence electrons. The van der Waals surface area contributed by atoms with Crippen molar-refractivity contribution in [2.45, 2.75) is 12.8 Å². The minimum atomic E-state index is -0.432. The summed E-state index contributed by atoms with van der Waals surface area (Å²) >= 11 is 0. The molecule has 2 heterocycles. The van der Waals surface area contributed by atoms with Gasteiger partial charge in [0.25, 0.3) is 5.91 Å². The molecule has 1 saturated carbocycles. The standard InChI is InChI=1S/C19H19FN4O2/c1-26-14-6-2-5-13(20)15(14)12-4-3-9-24-17(21)16(23-18(12)24)19(25)22-10-11-7-8-11/h2-6,9,11H,7-8,10,21H2,1H3,(H,22,25). The molecule has 1 aliphatic carbocycles. The molecular weight excluding hydrogens is 335 g/mol. The van der Waals surface area contributed by atoms with E-state index >= 15 is 0 Å². The van der Waals surface area contributed by atoms with Gasteiger partial charge in [-0.3, -0.25) is 9.20 Å². The molecule has 0 atom stereocenters. The monoisotopic (exact) mass is 354 g/mol. The molecule has 0 radical (unpaired) electrons. The Hall–Kier alpha value is -3.09. The molecule has 1 amide bonds. The molecule has 0 spiro atoms. The number of nitrogen functional groups attached to an aromatic ring is 1. The smallest absolute Gasteiger partial charge is 0.273 e. The number of ether oxygens (including phenoxy) is 1. The van der Waals surface area contributed by atoms with E-state index in [0.717, 1.165) is 12.8 Å². The van der Waals surface area contributed by atoms with Crippen LogP contribution < -0.4 is 15.8 Å². The van der Waals surface area contributed by atoms with Gasteiger partial charge in [0, 0.05) is 18.3 Å². The van der Waals surface area contributed by atoms with Crippen molar-refractivity contribution in [3.63, 3.8) is 0 Å². The fraction of sp³-hybridized carbons (Fsp3) is 0.263. The molecule has 1 fully saturated rings. The van der Waals surface area contributed by atoms with Crippen LogP contribution in [0.25, 0.3) is 16.8 Å². The zero-order valence-corrected chi connectivity index (χ0v) is 14.3. The number of hydrogen-bond donors (Lipinski definition) is 2. The van der Waals surface area contributed by atoms with Crippen LogP contribution in [0.2, 0.25) is 0 Å². The van der Waals surface area contributed by atoms with E-state index in [1.54, 1.807) is 34.9 Å². The van der Waals surface area contributed by atoms with Crippen molar-refractivity contribution >= 4 is 17.4 Å². The number of fused-ring (bicyclic) bond motifs is 1. The zero-order valence-electron chi connectivity index (χ0n) is 14.3. The molecule has 6 nitrogen and oxygen atoms in total. The van der Waals surface area contributed by atoms with Crippen LogP contribution in [0.1, 0.15) is 23.3 Å². The van der Waals surface area contributed by atoms with Gasteiger partial charge in [-0.1, -0.05) is 6.07 Å². The molecule has 3 N–H and O–H groups in total. The number of amides is 1. The Morgan fingerprint density at radius 3 is 2.92 bits per heavy atom. The van der Waals surface area contributed by atoms with Gasteiger partial charge in [-0.15, -0.1) is 0 Å². The molecule has 26 heavy (non-hydrogen) atoms. The Morgan fingerprint density at radius 1 is 1.38 bits per heavy atom. The molecule has 1 aliphatic rings. The summed E-state index contributed by atoms with van der Waals surface area (Å²) in [6.45, 7) is 0.625. The van der Waals surface area contributed by atoms with E-state index in [4.69, 9.17) is 10.5 Å². The number of rotatable bonds is 5. The lowest BCUT2D eigenvalue weighted by Crippen LogP contribution is -2.26. The average Bonchev–Trinajstić information content (AvgIpc) is 3.42. The minimum absolute atomic E-state index is 0.147. The number of anilines is 1. The summed E-state index contributed by atoms with van der Waals surface area (Å²) in [5.41, 5.74) is 7.48.